The Bertz CT molecular complexity index is 309. The summed E-state index contributed by atoms with van der Waals surface area (Å²) < 4.78 is 0. The fourth-order valence-corrected chi connectivity index (χ4v) is 3.66. The van der Waals surface area contributed by atoms with E-state index in [1.807, 2.05) is 7.05 Å². The molecule has 3 unspecified atom stereocenters. The Balaban J connectivity index is 2.16. The smallest absolute Gasteiger partial charge is 0.102 e. The average molecular weight is 232 g/mol. The molecule has 0 aromatic rings. The fraction of sp³-hybridized carbons (Fsp3) is 0.929. The molecular weight excluding hydrogens is 207 g/mol. The fourth-order valence-electron chi connectivity index (χ4n) is 3.66. The number of amidine groups is 1. The standard InChI is InChI=1S/C14H25BN2/c1-10(2)17-8-6-11-9-14(3,15)7-5-12(11)13(17)16-4/h10-12H,5-9H2,1-4H3. The van der Waals surface area contributed by atoms with Crippen molar-refractivity contribution in [1.29, 1.82) is 0 Å². The number of aliphatic imine (C=N–C) groups is 1. The van der Waals surface area contributed by atoms with Crippen LogP contribution in [-0.4, -0.2) is 38.2 Å². The zero-order valence-electron chi connectivity index (χ0n) is 11.7. The summed E-state index contributed by atoms with van der Waals surface area (Å²) in [5.74, 6) is 2.76. The maximum atomic E-state index is 6.31. The molecule has 1 aliphatic heterocycles. The lowest BCUT2D eigenvalue weighted by Gasteiger charge is -2.49. The molecule has 94 valence electrons. The molecule has 1 saturated carbocycles. The van der Waals surface area contributed by atoms with Gasteiger partial charge in [-0.2, -0.15) is 0 Å². The van der Waals surface area contributed by atoms with E-state index in [0.29, 0.717) is 12.0 Å². The Kier molecular flexibility index (Phi) is 3.56. The molecule has 1 heterocycles. The molecule has 1 saturated heterocycles. The van der Waals surface area contributed by atoms with Gasteiger partial charge >= 0.3 is 0 Å². The molecule has 1 aliphatic carbocycles. The molecule has 0 N–H and O–H groups in total. The van der Waals surface area contributed by atoms with Crippen molar-refractivity contribution in [3.63, 3.8) is 0 Å². The van der Waals surface area contributed by atoms with E-state index in [1.54, 1.807) is 0 Å². The number of rotatable bonds is 1. The van der Waals surface area contributed by atoms with E-state index in [9.17, 15) is 0 Å². The lowest BCUT2D eigenvalue weighted by atomic mass is 9.55. The highest BCUT2D eigenvalue weighted by molar-refractivity contribution is 6.15. The van der Waals surface area contributed by atoms with Crippen molar-refractivity contribution in [3.8, 4) is 0 Å². The molecule has 2 nitrogen and oxygen atoms in total. The SMILES string of the molecule is [B]C1(C)CCC2C(=NC)N(C(C)C)CCC2C1. The second kappa shape index (κ2) is 4.66. The first-order valence-electron chi connectivity index (χ1n) is 6.97. The topological polar surface area (TPSA) is 15.6 Å². The van der Waals surface area contributed by atoms with Gasteiger partial charge in [0.1, 0.15) is 5.84 Å². The molecule has 2 fully saturated rings. The van der Waals surface area contributed by atoms with Crippen LogP contribution in [0, 0.1) is 11.8 Å². The van der Waals surface area contributed by atoms with Crippen molar-refractivity contribution >= 4 is 13.7 Å². The number of nitrogens with zero attached hydrogens (tertiary/aromatic N) is 2. The van der Waals surface area contributed by atoms with Crippen molar-refractivity contribution < 1.29 is 0 Å². The van der Waals surface area contributed by atoms with Crippen molar-refractivity contribution in [2.24, 2.45) is 16.8 Å². The summed E-state index contributed by atoms with van der Waals surface area (Å²) in [6.45, 7) is 7.89. The first-order valence-corrected chi connectivity index (χ1v) is 6.97. The molecule has 3 heteroatoms. The zero-order valence-corrected chi connectivity index (χ0v) is 11.7. The van der Waals surface area contributed by atoms with Crippen LogP contribution in [0.5, 0.6) is 0 Å². The van der Waals surface area contributed by atoms with Gasteiger partial charge in [-0.3, -0.25) is 4.99 Å². The molecule has 2 aliphatic rings. The Labute approximate surface area is 107 Å². The molecule has 17 heavy (non-hydrogen) atoms. The van der Waals surface area contributed by atoms with Gasteiger partial charge < -0.3 is 4.90 Å². The monoisotopic (exact) mass is 232 g/mol. The van der Waals surface area contributed by atoms with Crippen LogP contribution in [0.3, 0.4) is 0 Å². The normalized spacial score (nSPS) is 40.8. The minimum atomic E-state index is 0.0556. The van der Waals surface area contributed by atoms with E-state index < -0.39 is 0 Å². The molecule has 0 amide bonds. The molecule has 2 rings (SSSR count). The van der Waals surface area contributed by atoms with Crippen molar-refractivity contribution in [2.75, 3.05) is 13.6 Å². The van der Waals surface area contributed by atoms with Crippen LogP contribution < -0.4 is 0 Å². The average Bonchev–Trinajstić information content (AvgIpc) is 2.25. The summed E-state index contributed by atoms with van der Waals surface area (Å²) >= 11 is 0. The second-order valence-electron chi connectivity index (χ2n) is 6.42. The summed E-state index contributed by atoms with van der Waals surface area (Å²) in [5.41, 5.74) is 0. The number of likely N-dealkylation sites (tertiary alicyclic amines) is 1. The van der Waals surface area contributed by atoms with Crippen LogP contribution in [0.15, 0.2) is 4.99 Å². The third-order valence-electron chi connectivity index (χ3n) is 4.54. The molecule has 0 bridgehead atoms. The van der Waals surface area contributed by atoms with Gasteiger partial charge in [-0.05, 0) is 32.6 Å². The van der Waals surface area contributed by atoms with Gasteiger partial charge in [0, 0.05) is 25.6 Å². The molecule has 0 aromatic heterocycles. The summed E-state index contributed by atoms with van der Waals surface area (Å²) in [4.78, 5) is 7.07. The number of piperidine rings is 1. The molecule has 3 atom stereocenters. The first kappa shape index (κ1) is 13.0. The van der Waals surface area contributed by atoms with Crippen LogP contribution in [0.1, 0.15) is 46.5 Å². The molecule has 2 radical (unpaired) electrons. The van der Waals surface area contributed by atoms with Gasteiger partial charge in [0.15, 0.2) is 0 Å². The van der Waals surface area contributed by atoms with E-state index in [4.69, 9.17) is 7.85 Å². The minimum Gasteiger partial charge on any atom is -0.358 e. The summed E-state index contributed by atoms with van der Waals surface area (Å²) in [7, 11) is 8.26. The Hall–Kier alpha value is -0.465. The molecule has 0 spiro atoms. The Morgan fingerprint density at radius 2 is 2.12 bits per heavy atom. The highest BCUT2D eigenvalue weighted by Gasteiger charge is 2.41. The van der Waals surface area contributed by atoms with E-state index in [-0.39, 0.29) is 5.31 Å². The second-order valence-corrected chi connectivity index (χ2v) is 6.42. The van der Waals surface area contributed by atoms with Crippen LogP contribution in [0.2, 0.25) is 5.31 Å². The van der Waals surface area contributed by atoms with Gasteiger partial charge in [0.2, 0.25) is 0 Å². The third-order valence-corrected chi connectivity index (χ3v) is 4.54. The van der Waals surface area contributed by atoms with Crippen LogP contribution in [0.25, 0.3) is 0 Å². The number of fused-ring (bicyclic) bond motifs is 1. The predicted octanol–water partition coefficient (Wildman–Crippen LogP) is 2.89. The predicted molar refractivity (Wildman–Crippen MR) is 74.8 cm³/mol. The van der Waals surface area contributed by atoms with Crippen molar-refractivity contribution in [3.05, 3.63) is 0 Å². The molecular formula is C14H25BN2. The van der Waals surface area contributed by atoms with E-state index >= 15 is 0 Å². The Morgan fingerprint density at radius 1 is 1.41 bits per heavy atom. The van der Waals surface area contributed by atoms with Crippen molar-refractivity contribution in [1.82, 2.24) is 4.90 Å². The zero-order chi connectivity index (χ0) is 12.6. The Morgan fingerprint density at radius 3 is 2.71 bits per heavy atom. The summed E-state index contributed by atoms with van der Waals surface area (Å²) in [5, 5.41) is 0.0556. The number of hydrogen-bond donors (Lipinski definition) is 0. The van der Waals surface area contributed by atoms with Crippen molar-refractivity contribution in [2.45, 2.75) is 57.8 Å². The maximum absolute atomic E-state index is 6.31. The van der Waals surface area contributed by atoms with Gasteiger partial charge in [0.25, 0.3) is 0 Å². The lowest BCUT2D eigenvalue weighted by Crippen LogP contribution is -2.50. The highest BCUT2D eigenvalue weighted by atomic mass is 15.2. The molecule has 0 aromatic carbocycles. The lowest BCUT2D eigenvalue weighted by molar-refractivity contribution is 0.162. The maximum Gasteiger partial charge on any atom is 0.102 e. The van der Waals surface area contributed by atoms with Crippen LogP contribution >= 0.6 is 0 Å². The van der Waals surface area contributed by atoms with Gasteiger partial charge in [0.05, 0.1) is 7.85 Å². The van der Waals surface area contributed by atoms with Crippen LogP contribution in [0.4, 0.5) is 0 Å². The van der Waals surface area contributed by atoms with E-state index in [1.165, 1.54) is 25.1 Å². The van der Waals surface area contributed by atoms with Gasteiger partial charge in [-0.1, -0.05) is 25.1 Å². The highest BCUT2D eigenvalue weighted by Crippen LogP contribution is 2.48. The number of hydrogen-bond acceptors (Lipinski definition) is 1. The van der Waals surface area contributed by atoms with Crippen LogP contribution in [-0.2, 0) is 0 Å². The quantitative estimate of drug-likeness (QED) is 0.635. The van der Waals surface area contributed by atoms with E-state index in [2.05, 4.69) is 30.7 Å². The van der Waals surface area contributed by atoms with E-state index in [0.717, 1.165) is 18.9 Å². The summed E-state index contributed by atoms with van der Waals surface area (Å²) in [6.07, 6.45) is 4.81. The largest absolute Gasteiger partial charge is 0.358 e. The minimum absolute atomic E-state index is 0.0556. The summed E-state index contributed by atoms with van der Waals surface area (Å²) in [6, 6.07) is 0.570. The third kappa shape index (κ3) is 2.53. The van der Waals surface area contributed by atoms with Gasteiger partial charge in [-0.15, -0.1) is 0 Å². The van der Waals surface area contributed by atoms with Gasteiger partial charge in [-0.25, -0.2) is 0 Å². The first-order chi connectivity index (χ1) is 7.94.